The highest BCUT2D eigenvalue weighted by molar-refractivity contribution is 5.49. The first-order valence-electron chi connectivity index (χ1n) is 7.29. The van der Waals surface area contributed by atoms with Crippen molar-refractivity contribution in [3.05, 3.63) is 24.3 Å². The molecule has 112 valence electrons. The molecule has 0 aromatic heterocycles. The highest BCUT2D eigenvalue weighted by Crippen LogP contribution is 2.23. The van der Waals surface area contributed by atoms with Gasteiger partial charge in [-0.25, -0.2) is 4.39 Å². The van der Waals surface area contributed by atoms with Gasteiger partial charge in [0.2, 0.25) is 0 Å². The Morgan fingerprint density at radius 2 is 1.65 bits per heavy atom. The molecule has 0 bridgehead atoms. The molecule has 20 heavy (non-hydrogen) atoms. The Hall–Kier alpha value is -1.29. The van der Waals surface area contributed by atoms with Crippen molar-refractivity contribution in [3.8, 4) is 5.75 Å². The van der Waals surface area contributed by atoms with Crippen LogP contribution in [-0.4, -0.2) is 49.9 Å². The van der Waals surface area contributed by atoms with Crippen molar-refractivity contribution in [2.75, 3.05) is 44.4 Å². The number of ether oxygens (including phenoxy) is 1. The summed E-state index contributed by atoms with van der Waals surface area (Å²) < 4.78 is 17.3. The quantitative estimate of drug-likeness (QED) is 0.843. The molecule has 1 heterocycles. The minimum Gasteiger partial charge on any atom is -0.491 e. The lowest BCUT2D eigenvalue weighted by Crippen LogP contribution is -2.53. The summed E-state index contributed by atoms with van der Waals surface area (Å²) in [6, 6.07) is 7.95. The molecule has 0 atom stereocenters. The molecule has 1 aliphatic heterocycles. The van der Waals surface area contributed by atoms with Crippen LogP contribution < -0.4 is 9.64 Å². The number of alkyl halides is 1. The van der Waals surface area contributed by atoms with Gasteiger partial charge in [-0.15, -0.1) is 0 Å². The van der Waals surface area contributed by atoms with Crippen molar-refractivity contribution >= 4 is 5.69 Å². The van der Waals surface area contributed by atoms with E-state index in [2.05, 4.69) is 42.7 Å². The van der Waals surface area contributed by atoms with Crippen molar-refractivity contribution < 1.29 is 9.13 Å². The Morgan fingerprint density at radius 3 is 2.15 bits per heavy atom. The Labute approximate surface area is 121 Å². The van der Waals surface area contributed by atoms with Gasteiger partial charge in [-0.3, -0.25) is 4.90 Å². The molecule has 0 aliphatic carbocycles. The van der Waals surface area contributed by atoms with Crippen molar-refractivity contribution in [1.29, 1.82) is 0 Å². The minimum absolute atomic E-state index is 0.129. The van der Waals surface area contributed by atoms with Gasteiger partial charge in [0.25, 0.3) is 0 Å². The van der Waals surface area contributed by atoms with Crippen LogP contribution in [0.25, 0.3) is 0 Å². The summed E-state index contributed by atoms with van der Waals surface area (Å²) in [5, 5.41) is 0. The standard InChI is InChI=1S/C16H25FN2O/c1-16(2,3)19-11-9-18(10-12-19)14-4-6-15(7-5-14)20-13-8-17/h4-7H,8-13H2,1-3H3. The smallest absolute Gasteiger partial charge is 0.123 e. The topological polar surface area (TPSA) is 15.7 Å². The van der Waals surface area contributed by atoms with Gasteiger partial charge in [0.15, 0.2) is 0 Å². The number of hydrogen-bond acceptors (Lipinski definition) is 3. The molecule has 1 aromatic carbocycles. The first-order chi connectivity index (χ1) is 9.50. The molecular formula is C16H25FN2O. The molecular weight excluding hydrogens is 255 g/mol. The molecule has 4 heteroatoms. The van der Waals surface area contributed by atoms with Crippen molar-refractivity contribution in [2.24, 2.45) is 0 Å². The van der Waals surface area contributed by atoms with Crippen LogP contribution >= 0.6 is 0 Å². The number of nitrogens with zero attached hydrogens (tertiary/aromatic N) is 2. The fourth-order valence-corrected chi connectivity index (χ4v) is 2.55. The van der Waals surface area contributed by atoms with Crippen LogP contribution in [-0.2, 0) is 0 Å². The number of anilines is 1. The number of hydrogen-bond donors (Lipinski definition) is 0. The zero-order valence-corrected chi connectivity index (χ0v) is 12.7. The molecule has 0 saturated carbocycles. The van der Waals surface area contributed by atoms with Crippen molar-refractivity contribution in [2.45, 2.75) is 26.3 Å². The van der Waals surface area contributed by atoms with Gasteiger partial charge in [0.1, 0.15) is 19.0 Å². The summed E-state index contributed by atoms with van der Waals surface area (Å²) in [5.41, 5.74) is 1.46. The largest absolute Gasteiger partial charge is 0.491 e. The third-order valence-corrected chi connectivity index (χ3v) is 3.78. The summed E-state index contributed by atoms with van der Waals surface area (Å²) in [7, 11) is 0. The molecule has 2 rings (SSSR count). The lowest BCUT2D eigenvalue weighted by molar-refractivity contribution is 0.128. The van der Waals surface area contributed by atoms with E-state index in [1.807, 2.05) is 12.1 Å². The minimum atomic E-state index is -0.448. The maximum absolute atomic E-state index is 12.0. The second kappa shape index (κ2) is 6.44. The van der Waals surface area contributed by atoms with Gasteiger partial charge in [-0.2, -0.15) is 0 Å². The number of rotatable bonds is 4. The predicted octanol–water partition coefficient (Wildman–Crippen LogP) is 2.96. The summed E-state index contributed by atoms with van der Waals surface area (Å²) >= 11 is 0. The normalized spacial score (nSPS) is 17.3. The van der Waals surface area contributed by atoms with Crippen LogP contribution in [0, 0.1) is 0 Å². The number of benzene rings is 1. The molecule has 1 aliphatic rings. The third kappa shape index (κ3) is 3.85. The fraction of sp³-hybridized carbons (Fsp3) is 0.625. The molecule has 0 amide bonds. The van der Waals surface area contributed by atoms with Gasteiger partial charge >= 0.3 is 0 Å². The van der Waals surface area contributed by atoms with E-state index in [-0.39, 0.29) is 12.1 Å². The Bertz CT molecular complexity index is 405. The maximum Gasteiger partial charge on any atom is 0.123 e. The summed E-state index contributed by atoms with van der Waals surface area (Å²) in [6.45, 7) is 10.7. The molecule has 0 unspecified atom stereocenters. The second-order valence-corrected chi connectivity index (χ2v) is 6.18. The molecule has 1 fully saturated rings. The molecule has 0 spiro atoms. The van der Waals surface area contributed by atoms with Gasteiger partial charge in [0, 0.05) is 37.4 Å². The van der Waals surface area contributed by atoms with Gasteiger partial charge < -0.3 is 9.64 Å². The number of halogens is 1. The summed E-state index contributed by atoms with van der Waals surface area (Å²) in [4.78, 5) is 4.91. The SMILES string of the molecule is CC(C)(C)N1CCN(c2ccc(OCCF)cc2)CC1. The lowest BCUT2D eigenvalue weighted by atomic mass is 10.0. The van der Waals surface area contributed by atoms with Crippen molar-refractivity contribution in [1.82, 2.24) is 4.90 Å². The van der Waals surface area contributed by atoms with Gasteiger partial charge in [-0.05, 0) is 45.0 Å². The zero-order chi connectivity index (χ0) is 14.6. The highest BCUT2D eigenvalue weighted by atomic mass is 19.1. The van der Waals surface area contributed by atoms with Gasteiger partial charge in [0.05, 0.1) is 0 Å². The molecule has 0 N–H and O–H groups in total. The average molecular weight is 280 g/mol. The molecule has 1 aromatic rings. The Morgan fingerprint density at radius 1 is 1.05 bits per heavy atom. The lowest BCUT2D eigenvalue weighted by Gasteiger charge is -2.43. The van der Waals surface area contributed by atoms with E-state index in [4.69, 9.17) is 4.74 Å². The Balaban J connectivity index is 1.90. The first kappa shape index (κ1) is 15.1. The molecule has 3 nitrogen and oxygen atoms in total. The zero-order valence-electron chi connectivity index (χ0n) is 12.7. The summed E-state index contributed by atoms with van der Waals surface area (Å²) in [6.07, 6.45) is 0. The van der Waals surface area contributed by atoms with E-state index >= 15 is 0 Å². The summed E-state index contributed by atoms with van der Waals surface area (Å²) in [5.74, 6) is 0.736. The average Bonchev–Trinajstić information content (AvgIpc) is 2.45. The molecule has 0 radical (unpaired) electrons. The van der Waals surface area contributed by atoms with Crippen LogP contribution in [0.15, 0.2) is 24.3 Å². The van der Waals surface area contributed by atoms with Crippen LogP contribution in [0.3, 0.4) is 0 Å². The maximum atomic E-state index is 12.0. The van der Waals surface area contributed by atoms with E-state index in [0.29, 0.717) is 0 Å². The predicted molar refractivity (Wildman–Crippen MR) is 81.5 cm³/mol. The first-order valence-corrected chi connectivity index (χ1v) is 7.29. The van der Waals surface area contributed by atoms with Crippen LogP contribution in [0.5, 0.6) is 5.75 Å². The van der Waals surface area contributed by atoms with Crippen molar-refractivity contribution in [3.63, 3.8) is 0 Å². The van der Waals surface area contributed by atoms with E-state index in [1.54, 1.807) is 0 Å². The Kier molecular flexibility index (Phi) is 4.86. The fourth-order valence-electron chi connectivity index (χ4n) is 2.55. The number of piperazine rings is 1. The van der Waals surface area contributed by atoms with E-state index < -0.39 is 6.67 Å². The van der Waals surface area contributed by atoms with E-state index in [9.17, 15) is 4.39 Å². The van der Waals surface area contributed by atoms with Gasteiger partial charge in [-0.1, -0.05) is 0 Å². The van der Waals surface area contributed by atoms with Crippen LogP contribution in [0.4, 0.5) is 10.1 Å². The highest BCUT2D eigenvalue weighted by Gasteiger charge is 2.25. The van der Waals surface area contributed by atoms with Crippen LogP contribution in [0.2, 0.25) is 0 Å². The monoisotopic (exact) mass is 280 g/mol. The third-order valence-electron chi connectivity index (χ3n) is 3.78. The van der Waals surface area contributed by atoms with E-state index in [1.165, 1.54) is 5.69 Å². The van der Waals surface area contributed by atoms with Crippen LogP contribution in [0.1, 0.15) is 20.8 Å². The van der Waals surface area contributed by atoms with E-state index in [0.717, 1.165) is 31.9 Å². The molecule has 1 saturated heterocycles. The second-order valence-electron chi connectivity index (χ2n) is 6.18.